The summed E-state index contributed by atoms with van der Waals surface area (Å²) >= 11 is 0. The minimum absolute atomic E-state index is 0.374. The van der Waals surface area contributed by atoms with Crippen molar-refractivity contribution in [3.05, 3.63) is 35.4 Å². The first-order valence-electron chi connectivity index (χ1n) is 6.74. The third-order valence-electron chi connectivity index (χ3n) is 3.83. The molecular formula is C15H22N2O2. The predicted octanol–water partition coefficient (Wildman–Crippen LogP) is 1.69. The van der Waals surface area contributed by atoms with E-state index in [1.807, 2.05) is 18.2 Å². The molecule has 0 aliphatic heterocycles. The van der Waals surface area contributed by atoms with Crippen LogP contribution in [-0.2, 0) is 11.3 Å². The number of carbonyl (C=O) groups is 1. The fourth-order valence-corrected chi connectivity index (χ4v) is 2.32. The molecule has 0 unspecified atom stereocenters. The number of methoxy groups -OCH3 is 1. The molecule has 3 N–H and O–H groups in total. The van der Waals surface area contributed by atoms with Crippen LogP contribution in [0, 0.1) is 5.41 Å². The molecule has 0 bridgehead atoms. The summed E-state index contributed by atoms with van der Waals surface area (Å²) in [6.07, 6.45) is 3.69. The number of carbonyl (C=O) groups excluding carboxylic acids is 1. The first-order chi connectivity index (χ1) is 9.15. The molecule has 104 valence electrons. The van der Waals surface area contributed by atoms with Crippen molar-refractivity contribution < 1.29 is 9.53 Å². The van der Waals surface area contributed by atoms with Crippen molar-refractivity contribution in [2.45, 2.75) is 25.8 Å². The van der Waals surface area contributed by atoms with Crippen LogP contribution >= 0.6 is 0 Å². The van der Waals surface area contributed by atoms with E-state index in [1.165, 1.54) is 12.8 Å². The number of nitrogens with two attached hydrogens (primary N) is 1. The summed E-state index contributed by atoms with van der Waals surface area (Å²) in [5.74, 6) is -0.374. The van der Waals surface area contributed by atoms with E-state index < -0.39 is 0 Å². The van der Waals surface area contributed by atoms with E-state index in [4.69, 9.17) is 10.5 Å². The Bertz CT molecular complexity index is 442. The molecule has 0 atom stereocenters. The molecule has 1 amide bonds. The van der Waals surface area contributed by atoms with E-state index in [0.717, 1.165) is 31.7 Å². The maximum Gasteiger partial charge on any atom is 0.248 e. The van der Waals surface area contributed by atoms with Crippen LogP contribution in [0.15, 0.2) is 24.3 Å². The van der Waals surface area contributed by atoms with E-state index in [9.17, 15) is 4.79 Å². The topological polar surface area (TPSA) is 64.3 Å². The molecule has 1 aromatic carbocycles. The highest BCUT2D eigenvalue weighted by atomic mass is 16.5. The lowest BCUT2D eigenvalue weighted by molar-refractivity contribution is 0.1000. The first-order valence-corrected chi connectivity index (χ1v) is 6.74. The van der Waals surface area contributed by atoms with Gasteiger partial charge in [-0.3, -0.25) is 4.79 Å². The number of ether oxygens (including phenoxy) is 1. The van der Waals surface area contributed by atoms with Crippen molar-refractivity contribution in [1.82, 2.24) is 5.32 Å². The second-order valence-electron chi connectivity index (χ2n) is 5.41. The Morgan fingerprint density at radius 1 is 1.47 bits per heavy atom. The molecule has 1 aliphatic carbocycles. The van der Waals surface area contributed by atoms with Gasteiger partial charge in [0.25, 0.3) is 0 Å². The van der Waals surface area contributed by atoms with Crippen molar-refractivity contribution in [2.75, 3.05) is 20.3 Å². The number of benzene rings is 1. The van der Waals surface area contributed by atoms with Gasteiger partial charge in [-0.05, 0) is 42.4 Å². The highest BCUT2D eigenvalue weighted by molar-refractivity contribution is 5.92. The largest absolute Gasteiger partial charge is 0.385 e. The number of hydrogen-bond donors (Lipinski definition) is 2. The van der Waals surface area contributed by atoms with Gasteiger partial charge in [0.2, 0.25) is 5.91 Å². The molecule has 1 fully saturated rings. The maximum atomic E-state index is 11.1. The van der Waals surface area contributed by atoms with Gasteiger partial charge in [0, 0.05) is 32.4 Å². The highest BCUT2D eigenvalue weighted by Crippen LogP contribution is 2.48. The second kappa shape index (κ2) is 6.17. The summed E-state index contributed by atoms with van der Waals surface area (Å²) in [7, 11) is 1.75. The molecule has 1 saturated carbocycles. The van der Waals surface area contributed by atoms with Crippen LogP contribution < -0.4 is 11.1 Å². The van der Waals surface area contributed by atoms with Crippen LogP contribution in [0.2, 0.25) is 0 Å². The van der Waals surface area contributed by atoms with Crippen molar-refractivity contribution in [3.8, 4) is 0 Å². The molecule has 0 aromatic heterocycles. The van der Waals surface area contributed by atoms with Crippen LogP contribution in [-0.4, -0.2) is 26.2 Å². The van der Waals surface area contributed by atoms with Gasteiger partial charge in [-0.25, -0.2) is 0 Å². The van der Waals surface area contributed by atoms with Gasteiger partial charge in [-0.1, -0.05) is 12.1 Å². The van der Waals surface area contributed by atoms with Gasteiger partial charge in [0.1, 0.15) is 0 Å². The molecule has 19 heavy (non-hydrogen) atoms. The van der Waals surface area contributed by atoms with Crippen molar-refractivity contribution in [1.29, 1.82) is 0 Å². The Labute approximate surface area is 114 Å². The molecule has 0 saturated heterocycles. The Kier molecular flexibility index (Phi) is 4.56. The summed E-state index contributed by atoms with van der Waals surface area (Å²) in [4.78, 5) is 11.1. The number of rotatable bonds is 8. The molecule has 0 spiro atoms. The van der Waals surface area contributed by atoms with Crippen LogP contribution in [0.25, 0.3) is 0 Å². The Morgan fingerprint density at radius 3 is 2.89 bits per heavy atom. The minimum atomic E-state index is -0.374. The lowest BCUT2D eigenvalue weighted by Crippen LogP contribution is -2.24. The van der Waals surface area contributed by atoms with E-state index in [1.54, 1.807) is 13.2 Å². The SMILES string of the molecule is COCCC1(CNCc2cccc(C(N)=O)c2)CC1. The summed E-state index contributed by atoms with van der Waals surface area (Å²) in [6, 6.07) is 7.47. The van der Waals surface area contributed by atoms with Crippen LogP contribution in [0.1, 0.15) is 35.2 Å². The summed E-state index contributed by atoms with van der Waals surface area (Å²) in [5.41, 5.74) is 7.38. The first kappa shape index (κ1) is 14.0. The smallest absolute Gasteiger partial charge is 0.248 e. The highest BCUT2D eigenvalue weighted by Gasteiger charge is 2.41. The normalized spacial score (nSPS) is 16.3. The molecule has 4 heteroatoms. The van der Waals surface area contributed by atoms with E-state index in [0.29, 0.717) is 11.0 Å². The van der Waals surface area contributed by atoms with Crippen molar-refractivity contribution in [2.24, 2.45) is 11.1 Å². The molecule has 0 heterocycles. The molecular weight excluding hydrogens is 240 g/mol. The number of nitrogens with one attached hydrogen (secondary N) is 1. The molecule has 4 nitrogen and oxygen atoms in total. The summed E-state index contributed by atoms with van der Waals surface area (Å²) < 4.78 is 5.15. The zero-order valence-corrected chi connectivity index (χ0v) is 11.4. The van der Waals surface area contributed by atoms with E-state index >= 15 is 0 Å². The van der Waals surface area contributed by atoms with Gasteiger partial charge in [-0.15, -0.1) is 0 Å². The summed E-state index contributed by atoms with van der Waals surface area (Å²) in [6.45, 7) is 2.62. The second-order valence-corrected chi connectivity index (χ2v) is 5.41. The number of primary amides is 1. The van der Waals surface area contributed by atoms with Gasteiger partial charge >= 0.3 is 0 Å². The van der Waals surface area contributed by atoms with Gasteiger partial charge in [-0.2, -0.15) is 0 Å². The average molecular weight is 262 g/mol. The Hall–Kier alpha value is -1.39. The van der Waals surface area contributed by atoms with Crippen molar-refractivity contribution >= 4 is 5.91 Å². The molecule has 1 aromatic rings. The van der Waals surface area contributed by atoms with Crippen LogP contribution in [0.3, 0.4) is 0 Å². The van der Waals surface area contributed by atoms with Crippen LogP contribution in [0.4, 0.5) is 0 Å². The monoisotopic (exact) mass is 262 g/mol. The van der Waals surface area contributed by atoms with Crippen molar-refractivity contribution in [3.63, 3.8) is 0 Å². The zero-order valence-electron chi connectivity index (χ0n) is 11.4. The lowest BCUT2D eigenvalue weighted by Gasteiger charge is -2.15. The lowest BCUT2D eigenvalue weighted by atomic mass is 10.0. The Balaban J connectivity index is 1.79. The third kappa shape index (κ3) is 4.04. The molecule has 1 aliphatic rings. The standard InChI is InChI=1S/C15H22N2O2/c1-19-8-7-15(5-6-15)11-17-10-12-3-2-4-13(9-12)14(16)18/h2-4,9,17H,5-8,10-11H2,1H3,(H2,16,18). The number of amides is 1. The molecule has 2 rings (SSSR count). The van der Waals surface area contributed by atoms with E-state index in [2.05, 4.69) is 5.32 Å². The quantitative estimate of drug-likeness (QED) is 0.749. The maximum absolute atomic E-state index is 11.1. The Morgan fingerprint density at radius 2 is 2.26 bits per heavy atom. The van der Waals surface area contributed by atoms with E-state index in [-0.39, 0.29) is 5.91 Å². The average Bonchev–Trinajstić information content (AvgIpc) is 3.17. The summed E-state index contributed by atoms with van der Waals surface area (Å²) in [5, 5.41) is 3.47. The predicted molar refractivity (Wildman–Crippen MR) is 74.8 cm³/mol. The third-order valence-corrected chi connectivity index (χ3v) is 3.83. The van der Waals surface area contributed by atoms with Gasteiger partial charge in [0.05, 0.1) is 0 Å². The minimum Gasteiger partial charge on any atom is -0.385 e. The number of hydrogen-bond acceptors (Lipinski definition) is 3. The molecule has 0 radical (unpaired) electrons. The fraction of sp³-hybridized carbons (Fsp3) is 0.533. The zero-order chi connectivity index (χ0) is 13.7. The van der Waals surface area contributed by atoms with Crippen LogP contribution in [0.5, 0.6) is 0 Å². The van der Waals surface area contributed by atoms with Gasteiger partial charge < -0.3 is 15.8 Å². The fourth-order valence-electron chi connectivity index (χ4n) is 2.32. The van der Waals surface area contributed by atoms with Gasteiger partial charge in [0.15, 0.2) is 0 Å².